The molecule has 3 nitrogen and oxygen atoms in total. The van der Waals surface area contributed by atoms with Crippen LogP contribution in [0.15, 0.2) is 54.6 Å². The Kier molecular flexibility index (Phi) is 5.68. The van der Waals surface area contributed by atoms with Crippen molar-refractivity contribution in [2.45, 2.75) is 33.0 Å². The lowest BCUT2D eigenvalue weighted by Gasteiger charge is -2.27. The second-order valence-electron chi connectivity index (χ2n) is 5.42. The SMILES string of the molecule is CC(C)N(Cc1ccccc1)C(=O)c1cccc(OC(F)F)c1. The molecule has 1 amide bonds. The maximum absolute atomic E-state index is 12.7. The minimum Gasteiger partial charge on any atom is -0.435 e. The van der Waals surface area contributed by atoms with Gasteiger partial charge in [-0.15, -0.1) is 0 Å². The van der Waals surface area contributed by atoms with E-state index in [0.717, 1.165) is 5.56 Å². The Hall–Kier alpha value is -2.43. The molecule has 2 aromatic rings. The van der Waals surface area contributed by atoms with Crippen molar-refractivity contribution >= 4 is 5.91 Å². The maximum atomic E-state index is 12.7. The third kappa shape index (κ3) is 4.77. The van der Waals surface area contributed by atoms with Crippen molar-refractivity contribution in [3.63, 3.8) is 0 Å². The van der Waals surface area contributed by atoms with Crippen LogP contribution in [0.3, 0.4) is 0 Å². The van der Waals surface area contributed by atoms with Gasteiger partial charge in [-0.2, -0.15) is 8.78 Å². The molecule has 0 aromatic heterocycles. The maximum Gasteiger partial charge on any atom is 0.387 e. The largest absolute Gasteiger partial charge is 0.435 e. The Labute approximate surface area is 134 Å². The fourth-order valence-electron chi connectivity index (χ4n) is 2.24. The third-order valence-corrected chi connectivity index (χ3v) is 3.39. The first-order valence-electron chi connectivity index (χ1n) is 7.37. The first-order valence-corrected chi connectivity index (χ1v) is 7.37. The smallest absolute Gasteiger partial charge is 0.387 e. The summed E-state index contributed by atoms with van der Waals surface area (Å²) in [6.45, 7) is 1.38. The van der Waals surface area contributed by atoms with E-state index < -0.39 is 6.61 Å². The highest BCUT2D eigenvalue weighted by atomic mass is 19.3. The molecule has 2 aromatic carbocycles. The highest BCUT2D eigenvalue weighted by Gasteiger charge is 2.20. The zero-order valence-corrected chi connectivity index (χ0v) is 13.1. The van der Waals surface area contributed by atoms with Gasteiger partial charge in [0.25, 0.3) is 5.91 Å². The molecular formula is C18H19F2NO2. The Morgan fingerprint density at radius 1 is 1.09 bits per heavy atom. The van der Waals surface area contributed by atoms with Gasteiger partial charge in [-0.1, -0.05) is 36.4 Å². The number of hydrogen-bond acceptors (Lipinski definition) is 2. The van der Waals surface area contributed by atoms with Crippen LogP contribution >= 0.6 is 0 Å². The fourth-order valence-corrected chi connectivity index (χ4v) is 2.24. The molecule has 0 unspecified atom stereocenters. The van der Waals surface area contributed by atoms with E-state index in [1.54, 1.807) is 11.0 Å². The van der Waals surface area contributed by atoms with Crippen LogP contribution in [0, 0.1) is 0 Å². The summed E-state index contributed by atoms with van der Waals surface area (Å²) in [6.07, 6.45) is 0. The number of nitrogens with zero attached hydrogens (tertiary/aromatic N) is 1. The molecule has 0 saturated carbocycles. The van der Waals surface area contributed by atoms with Gasteiger partial charge in [0.1, 0.15) is 5.75 Å². The molecule has 0 N–H and O–H groups in total. The highest BCUT2D eigenvalue weighted by molar-refractivity contribution is 5.94. The number of ether oxygens (including phenoxy) is 1. The summed E-state index contributed by atoms with van der Waals surface area (Å²) >= 11 is 0. The molecule has 0 aliphatic carbocycles. The molecule has 122 valence electrons. The van der Waals surface area contributed by atoms with Crippen molar-refractivity contribution < 1.29 is 18.3 Å². The molecule has 0 aliphatic rings. The number of rotatable bonds is 6. The van der Waals surface area contributed by atoms with Crippen molar-refractivity contribution in [3.05, 3.63) is 65.7 Å². The van der Waals surface area contributed by atoms with E-state index in [1.165, 1.54) is 18.2 Å². The minimum atomic E-state index is -2.91. The predicted molar refractivity (Wildman–Crippen MR) is 84.5 cm³/mol. The molecule has 0 atom stereocenters. The van der Waals surface area contributed by atoms with Crippen molar-refractivity contribution in [1.29, 1.82) is 0 Å². The topological polar surface area (TPSA) is 29.5 Å². The molecule has 2 rings (SSSR count). The molecule has 0 fully saturated rings. The first kappa shape index (κ1) is 16.9. The minimum absolute atomic E-state index is 0.0192. The third-order valence-electron chi connectivity index (χ3n) is 3.39. The normalized spacial score (nSPS) is 10.9. The first-order chi connectivity index (χ1) is 11.0. The second kappa shape index (κ2) is 7.72. The van der Waals surface area contributed by atoms with E-state index in [9.17, 15) is 13.6 Å². The second-order valence-corrected chi connectivity index (χ2v) is 5.42. The zero-order chi connectivity index (χ0) is 16.8. The molecule has 0 saturated heterocycles. The highest BCUT2D eigenvalue weighted by Crippen LogP contribution is 2.19. The predicted octanol–water partition coefficient (Wildman–Crippen LogP) is 4.34. The Bertz CT molecular complexity index is 644. The molecule has 5 heteroatoms. The van der Waals surface area contributed by atoms with E-state index in [1.807, 2.05) is 44.2 Å². The van der Waals surface area contributed by atoms with Crippen LogP contribution in [-0.4, -0.2) is 23.5 Å². The zero-order valence-electron chi connectivity index (χ0n) is 13.1. The molecule has 0 aliphatic heterocycles. The van der Waals surface area contributed by atoms with Gasteiger partial charge in [0, 0.05) is 18.2 Å². The number of carbonyl (C=O) groups is 1. The van der Waals surface area contributed by atoms with Gasteiger partial charge in [0.15, 0.2) is 0 Å². The van der Waals surface area contributed by atoms with Gasteiger partial charge < -0.3 is 9.64 Å². The average Bonchev–Trinajstić information content (AvgIpc) is 2.52. The summed E-state index contributed by atoms with van der Waals surface area (Å²) in [6, 6.07) is 15.5. The summed E-state index contributed by atoms with van der Waals surface area (Å²) in [4.78, 5) is 14.4. The molecule has 0 bridgehead atoms. The van der Waals surface area contributed by atoms with Crippen LogP contribution in [0.25, 0.3) is 0 Å². The van der Waals surface area contributed by atoms with Crippen molar-refractivity contribution in [2.24, 2.45) is 0 Å². The Morgan fingerprint density at radius 3 is 2.39 bits per heavy atom. The summed E-state index contributed by atoms with van der Waals surface area (Å²) in [5.74, 6) is -0.238. The van der Waals surface area contributed by atoms with Gasteiger partial charge in [-0.25, -0.2) is 0 Å². The van der Waals surface area contributed by atoms with Crippen LogP contribution in [0.2, 0.25) is 0 Å². The van der Waals surface area contributed by atoms with E-state index >= 15 is 0 Å². The van der Waals surface area contributed by atoms with Crippen molar-refractivity contribution in [2.75, 3.05) is 0 Å². The van der Waals surface area contributed by atoms with Gasteiger partial charge in [-0.05, 0) is 37.6 Å². The van der Waals surface area contributed by atoms with Gasteiger partial charge in [0.2, 0.25) is 0 Å². The number of benzene rings is 2. The number of amides is 1. The number of hydrogen-bond donors (Lipinski definition) is 0. The van der Waals surface area contributed by atoms with Crippen LogP contribution in [0.4, 0.5) is 8.78 Å². The Morgan fingerprint density at radius 2 is 1.78 bits per heavy atom. The monoisotopic (exact) mass is 319 g/mol. The van der Waals surface area contributed by atoms with Crippen LogP contribution in [0.5, 0.6) is 5.75 Å². The van der Waals surface area contributed by atoms with E-state index in [-0.39, 0.29) is 17.7 Å². The standard InChI is InChI=1S/C18H19F2NO2/c1-13(2)21(12-14-7-4-3-5-8-14)17(22)15-9-6-10-16(11-15)23-18(19)20/h3-11,13,18H,12H2,1-2H3. The summed E-state index contributed by atoms with van der Waals surface area (Å²) in [7, 11) is 0. The summed E-state index contributed by atoms with van der Waals surface area (Å²) < 4.78 is 29.0. The molecule has 23 heavy (non-hydrogen) atoms. The lowest BCUT2D eigenvalue weighted by atomic mass is 10.1. The van der Waals surface area contributed by atoms with E-state index in [0.29, 0.717) is 12.1 Å². The van der Waals surface area contributed by atoms with Gasteiger partial charge >= 0.3 is 6.61 Å². The molecule has 0 radical (unpaired) electrons. The Balaban J connectivity index is 2.21. The van der Waals surface area contributed by atoms with E-state index in [4.69, 9.17) is 0 Å². The van der Waals surface area contributed by atoms with Crippen LogP contribution in [0.1, 0.15) is 29.8 Å². The fraction of sp³-hybridized carbons (Fsp3) is 0.278. The van der Waals surface area contributed by atoms with Gasteiger partial charge in [-0.3, -0.25) is 4.79 Å². The van der Waals surface area contributed by atoms with Crippen molar-refractivity contribution in [1.82, 2.24) is 4.90 Å². The summed E-state index contributed by atoms with van der Waals surface area (Å²) in [5.41, 5.74) is 1.34. The number of alkyl halides is 2. The quantitative estimate of drug-likeness (QED) is 0.793. The van der Waals surface area contributed by atoms with Gasteiger partial charge in [0.05, 0.1) is 0 Å². The van der Waals surface area contributed by atoms with Crippen LogP contribution in [-0.2, 0) is 6.54 Å². The molecule has 0 spiro atoms. The number of carbonyl (C=O) groups excluding carboxylic acids is 1. The molecule has 0 heterocycles. The molecular weight excluding hydrogens is 300 g/mol. The number of halogens is 2. The van der Waals surface area contributed by atoms with E-state index in [2.05, 4.69) is 4.74 Å². The average molecular weight is 319 g/mol. The van der Waals surface area contributed by atoms with Crippen molar-refractivity contribution in [3.8, 4) is 5.75 Å². The summed E-state index contributed by atoms with van der Waals surface area (Å²) in [5, 5.41) is 0. The lowest BCUT2D eigenvalue weighted by Crippen LogP contribution is -2.36. The van der Waals surface area contributed by atoms with Crippen LogP contribution < -0.4 is 4.74 Å². The lowest BCUT2D eigenvalue weighted by molar-refractivity contribution is -0.0499.